The number of halogens is 2. The molecule has 1 aliphatic rings. The van der Waals surface area contributed by atoms with Gasteiger partial charge in [-0.1, -0.05) is 17.7 Å². The van der Waals surface area contributed by atoms with Crippen LogP contribution in [-0.2, 0) is 4.79 Å². The summed E-state index contributed by atoms with van der Waals surface area (Å²) < 4.78 is 26.2. The lowest BCUT2D eigenvalue weighted by atomic mass is 10.1. The van der Waals surface area contributed by atoms with Crippen molar-refractivity contribution in [3.63, 3.8) is 0 Å². The topological polar surface area (TPSA) is 112 Å². The minimum Gasteiger partial charge on any atom is -0.493 e. The molecule has 35 heavy (non-hydrogen) atoms. The standard InChI is InChI=1S/C24H24ClFN6O3/c1-32-12-14(9-19(32)24(33)28-8-4-7-27)35-21-10-15-18(11-20(21)34-2)29-13-30-23(15)31-17-6-3-5-16(25)22(17)26/h3,5-6,10-11,13-14,19H,4,8-9,12H2,1-2H3,(H,28,33)(H,29,30,31)/t14-,19+/m1/s1. The maximum Gasteiger partial charge on any atom is 0.237 e. The number of nitrogens with one attached hydrogen (secondary N) is 2. The number of likely N-dealkylation sites (tertiary alicyclic amines) is 1. The van der Waals surface area contributed by atoms with E-state index in [9.17, 15) is 9.18 Å². The minimum absolute atomic E-state index is 0.00405. The maximum absolute atomic E-state index is 14.5. The Labute approximate surface area is 206 Å². The molecule has 2 aromatic carbocycles. The molecule has 1 aromatic heterocycles. The van der Waals surface area contributed by atoms with Crippen molar-refractivity contribution in [3.8, 4) is 17.6 Å². The zero-order valence-electron chi connectivity index (χ0n) is 19.2. The van der Waals surface area contributed by atoms with E-state index in [-0.39, 0.29) is 35.2 Å². The predicted molar refractivity (Wildman–Crippen MR) is 129 cm³/mol. The SMILES string of the molecule is COc1cc2ncnc(Nc3cccc(Cl)c3F)c2cc1O[C@@H]1C[C@@H](C(=O)NCCC#N)N(C)C1. The van der Waals surface area contributed by atoms with Crippen LogP contribution in [0, 0.1) is 17.1 Å². The summed E-state index contributed by atoms with van der Waals surface area (Å²) in [6.45, 7) is 0.842. The Morgan fingerprint density at radius 2 is 2.17 bits per heavy atom. The van der Waals surface area contributed by atoms with Gasteiger partial charge in [0, 0.05) is 31.0 Å². The highest BCUT2D eigenvalue weighted by atomic mass is 35.5. The second-order valence-corrected chi connectivity index (χ2v) is 8.51. The third kappa shape index (κ3) is 5.37. The molecule has 2 heterocycles. The molecule has 2 atom stereocenters. The van der Waals surface area contributed by atoms with E-state index in [1.54, 1.807) is 24.3 Å². The second kappa shape index (κ2) is 10.7. The van der Waals surface area contributed by atoms with Crippen LogP contribution < -0.4 is 20.1 Å². The Kier molecular flexibility index (Phi) is 7.48. The number of hydrogen-bond donors (Lipinski definition) is 2. The number of rotatable bonds is 8. The minimum atomic E-state index is -0.584. The Balaban J connectivity index is 1.58. The number of nitrogens with zero attached hydrogens (tertiary/aromatic N) is 4. The highest BCUT2D eigenvalue weighted by Crippen LogP contribution is 2.37. The lowest BCUT2D eigenvalue weighted by Gasteiger charge is -2.17. The van der Waals surface area contributed by atoms with Crippen LogP contribution in [0.3, 0.4) is 0 Å². The number of anilines is 2. The summed E-state index contributed by atoms with van der Waals surface area (Å²) in [6, 6.07) is 9.76. The summed E-state index contributed by atoms with van der Waals surface area (Å²) in [4.78, 5) is 23.0. The van der Waals surface area contributed by atoms with Crippen LogP contribution in [0.2, 0.25) is 5.02 Å². The van der Waals surface area contributed by atoms with Crippen molar-refractivity contribution >= 4 is 39.9 Å². The molecular weight excluding hydrogens is 475 g/mol. The number of hydrogen-bond acceptors (Lipinski definition) is 8. The van der Waals surface area contributed by atoms with Gasteiger partial charge in [0.05, 0.1) is 41.9 Å². The number of likely N-dealkylation sites (N-methyl/N-ethyl adjacent to an activating group) is 1. The maximum atomic E-state index is 14.5. The largest absolute Gasteiger partial charge is 0.493 e. The first kappa shape index (κ1) is 24.4. The highest BCUT2D eigenvalue weighted by Gasteiger charge is 2.36. The fraction of sp³-hybridized carbons (Fsp3) is 0.333. The van der Waals surface area contributed by atoms with Gasteiger partial charge in [0.1, 0.15) is 18.2 Å². The zero-order chi connectivity index (χ0) is 24.9. The molecule has 0 unspecified atom stereocenters. The number of ether oxygens (including phenoxy) is 2. The molecule has 11 heteroatoms. The molecule has 0 aliphatic carbocycles. The van der Waals surface area contributed by atoms with Crippen molar-refractivity contribution in [1.82, 2.24) is 20.2 Å². The van der Waals surface area contributed by atoms with Crippen LogP contribution in [0.5, 0.6) is 11.5 Å². The molecule has 2 N–H and O–H groups in total. The predicted octanol–water partition coefficient (Wildman–Crippen LogP) is 3.66. The highest BCUT2D eigenvalue weighted by molar-refractivity contribution is 6.31. The molecule has 3 aromatic rings. The first-order chi connectivity index (χ1) is 16.9. The van der Waals surface area contributed by atoms with Crippen molar-refractivity contribution in [3.05, 3.63) is 47.5 Å². The third-order valence-electron chi connectivity index (χ3n) is 5.77. The monoisotopic (exact) mass is 498 g/mol. The molecule has 1 saturated heterocycles. The first-order valence-electron chi connectivity index (χ1n) is 11.0. The fourth-order valence-corrected chi connectivity index (χ4v) is 4.20. The second-order valence-electron chi connectivity index (χ2n) is 8.10. The van der Waals surface area contributed by atoms with E-state index in [0.717, 1.165) is 0 Å². The Hall–Kier alpha value is -3.68. The van der Waals surface area contributed by atoms with Crippen LogP contribution >= 0.6 is 11.6 Å². The zero-order valence-corrected chi connectivity index (χ0v) is 20.0. The molecule has 0 spiro atoms. The van der Waals surface area contributed by atoms with Gasteiger partial charge < -0.3 is 20.1 Å². The van der Waals surface area contributed by atoms with E-state index < -0.39 is 5.82 Å². The molecule has 1 fully saturated rings. The lowest BCUT2D eigenvalue weighted by Crippen LogP contribution is -2.41. The lowest BCUT2D eigenvalue weighted by molar-refractivity contribution is -0.125. The van der Waals surface area contributed by atoms with E-state index >= 15 is 0 Å². The van der Waals surface area contributed by atoms with Gasteiger partial charge in [-0.3, -0.25) is 9.69 Å². The van der Waals surface area contributed by atoms with Gasteiger partial charge in [0.25, 0.3) is 0 Å². The van der Waals surface area contributed by atoms with Gasteiger partial charge in [0.2, 0.25) is 5.91 Å². The molecule has 9 nitrogen and oxygen atoms in total. The summed E-state index contributed by atoms with van der Waals surface area (Å²) >= 11 is 5.91. The van der Waals surface area contributed by atoms with Crippen molar-refractivity contribution < 1.29 is 18.7 Å². The number of benzene rings is 2. The molecule has 1 aliphatic heterocycles. The summed E-state index contributed by atoms with van der Waals surface area (Å²) in [5.41, 5.74) is 0.755. The molecule has 0 radical (unpaired) electrons. The number of carbonyl (C=O) groups is 1. The van der Waals surface area contributed by atoms with Gasteiger partial charge in [-0.2, -0.15) is 5.26 Å². The van der Waals surface area contributed by atoms with E-state index in [0.29, 0.717) is 47.7 Å². The van der Waals surface area contributed by atoms with E-state index in [4.69, 9.17) is 26.3 Å². The molecule has 1 amide bonds. The van der Waals surface area contributed by atoms with E-state index in [1.165, 1.54) is 19.5 Å². The summed E-state index contributed by atoms with van der Waals surface area (Å²) in [5, 5.41) is 15.0. The number of methoxy groups -OCH3 is 1. The Bertz CT molecular complexity index is 1280. The summed E-state index contributed by atoms with van der Waals surface area (Å²) in [5.74, 6) is 0.581. The molecular formula is C24H24ClFN6O3. The smallest absolute Gasteiger partial charge is 0.237 e. The molecule has 4 rings (SSSR count). The van der Waals surface area contributed by atoms with E-state index in [1.807, 2.05) is 18.0 Å². The van der Waals surface area contributed by atoms with Crippen molar-refractivity contribution in [2.24, 2.45) is 0 Å². The van der Waals surface area contributed by atoms with Gasteiger partial charge >= 0.3 is 0 Å². The fourth-order valence-electron chi connectivity index (χ4n) is 4.03. The van der Waals surface area contributed by atoms with Gasteiger partial charge in [-0.15, -0.1) is 0 Å². The number of fused-ring (bicyclic) bond motifs is 1. The summed E-state index contributed by atoms with van der Waals surface area (Å²) in [6.07, 6.45) is 1.83. The average molecular weight is 499 g/mol. The van der Waals surface area contributed by atoms with Crippen molar-refractivity contribution in [2.75, 3.05) is 32.6 Å². The van der Waals surface area contributed by atoms with Gasteiger partial charge in [0.15, 0.2) is 17.3 Å². The van der Waals surface area contributed by atoms with E-state index in [2.05, 4.69) is 20.6 Å². The first-order valence-corrected chi connectivity index (χ1v) is 11.3. The van der Waals surface area contributed by atoms with Crippen LogP contribution in [0.1, 0.15) is 12.8 Å². The number of carbonyl (C=O) groups excluding carboxylic acids is 1. The van der Waals surface area contributed by atoms with Crippen LogP contribution in [-0.4, -0.2) is 60.2 Å². The normalized spacial score (nSPS) is 17.7. The Morgan fingerprint density at radius 1 is 1.34 bits per heavy atom. The van der Waals surface area contributed by atoms with Crippen molar-refractivity contribution in [1.29, 1.82) is 5.26 Å². The number of nitriles is 1. The van der Waals surface area contributed by atoms with Gasteiger partial charge in [-0.05, 0) is 25.2 Å². The number of aromatic nitrogens is 2. The summed E-state index contributed by atoms with van der Waals surface area (Å²) in [7, 11) is 3.38. The quantitative estimate of drug-likeness (QED) is 0.452. The third-order valence-corrected chi connectivity index (χ3v) is 6.06. The molecule has 182 valence electrons. The van der Waals surface area contributed by atoms with Crippen LogP contribution in [0.25, 0.3) is 10.9 Å². The van der Waals surface area contributed by atoms with Crippen molar-refractivity contribution in [2.45, 2.75) is 25.0 Å². The van der Waals surface area contributed by atoms with Gasteiger partial charge in [-0.25, -0.2) is 14.4 Å². The number of amides is 1. The average Bonchev–Trinajstić information content (AvgIpc) is 3.22. The Morgan fingerprint density at radius 3 is 2.94 bits per heavy atom. The molecule has 0 bridgehead atoms. The van der Waals surface area contributed by atoms with Crippen LogP contribution in [0.4, 0.5) is 15.9 Å². The molecule has 0 saturated carbocycles. The van der Waals surface area contributed by atoms with Crippen LogP contribution in [0.15, 0.2) is 36.7 Å².